The molecule has 5 atom stereocenters. The first-order chi connectivity index (χ1) is 17.9. The Balaban J connectivity index is 1.62. The van der Waals surface area contributed by atoms with Gasteiger partial charge >= 0.3 is 43.7 Å². The maximum absolute atomic E-state index is 5.98. The van der Waals surface area contributed by atoms with Crippen LogP contribution in [-0.4, -0.2) is 87.5 Å². The van der Waals surface area contributed by atoms with Gasteiger partial charge in [-0.25, -0.2) is 0 Å². The van der Waals surface area contributed by atoms with Crippen molar-refractivity contribution in [1.29, 1.82) is 0 Å². The molecule has 0 N–H and O–H groups in total. The van der Waals surface area contributed by atoms with Crippen molar-refractivity contribution in [2.75, 3.05) is 19.8 Å². The molecule has 0 saturated carbocycles. The fourth-order valence-corrected chi connectivity index (χ4v) is 3.84. The van der Waals surface area contributed by atoms with Crippen LogP contribution in [0.2, 0.25) is 5.82 Å². The molecule has 0 spiro atoms. The van der Waals surface area contributed by atoms with Crippen LogP contribution in [0, 0.1) is 5.92 Å². The first-order valence-electron chi connectivity index (χ1n) is 13.7. The summed E-state index contributed by atoms with van der Waals surface area (Å²) in [6, 6.07) is 0. The number of ether oxygens (including phenoxy) is 1. The third kappa shape index (κ3) is 11.1. The molecule has 0 aliphatic carbocycles. The standard InChI is InChI=1S/C20H42B6O12/c1-10-11-15(2)19(6)21-33-22-28-13-18(5)32-26-37-23(29-14-17(4)31-24(34-21)35-22)36-25(38-26)30-16(3)12-27-20(7,8)9/h15-19H,10-14H2,1-9H3/t15-,16?,17?,18?,19?/m1/s1. The molecule has 0 aromatic heterocycles. The third-order valence-corrected chi connectivity index (χ3v) is 6.17. The average Bonchev–Trinajstić information content (AvgIpc) is 2.83. The molecular formula is C20H42B6O12. The fraction of sp³-hybridized carbons (Fsp3) is 1.00. The summed E-state index contributed by atoms with van der Waals surface area (Å²) in [5.74, 6) is 0.472. The molecule has 3 fully saturated rings. The van der Waals surface area contributed by atoms with Gasteiger partial charge in [0.25, 0.3) is 0 Å². The Bertz CT molecular complexity index is 695. The fourth-order valence-electron chi connectivity index (χ4n) is 3.84. The molecule has 212 valence electrons. The Morgan fingerprint density at radius 2 is 1.32 bits per heavy atom. The largest absolute Gasteiger partial charge is 0.615 e. The van der Waals surface area contributed by atoms with Crippen molar-refractivity contribution < 1.29 is 55.4 Å². The zero-order valence-electron chi connectivity index (χ0n) is 24.3. The van der Waals surface area contributed by atoms with Gasteiger partial charge in [-0.15, -0.1) is 0 Å². The molecule has 3 aliphatic rings. The Labute approximate surface area is 230 Å². The molecule has 3 rings (SSSR count). The highest BCUT2D eigenvalue weighted by Gasteiger charge is 2.51. The zero-order chi connectivity index (χ0) is 27.9. The van der Waals surface area contributed by atoms with Crippen LogP contribution in [0.1, 0.15) is 75.2 Å². The van der Waals surface area contributed by atoms with Gasteiger partial charge in [0.05, 0.1) is 43.7 Å². The lowest BCUT2D eigenvalue weighted by atomic mass is 9.62. The van der Waals surface area contributed by atoms with Crippen LogP contribution >= 0.6 is 0 Å². The summed E-state index contributed by atoms with van der Waals surface area (Å²) in [5, 5.41) is 0. The lowest BCUT2D eigenvalue weighted by Gasteiger charge is -2.36. The predicted octanol–water partition coefficient (Wildman–Crippen LogP) is 2.43. The van der Waals surface area contributed by atoms with Crippen molar-refractivity contribution in [3.8, 4) is 0 Å². The second kappa shape index (κ2) is 15.2. The third-order valence-electron chi connectivity index (χ3n) is 6.17. The van der Waals surface area contributed by atoms with E-state index in [9.17, 15) is 0 Å². The van der Waals surface area contributed by atoms with E-state index in [1.165, 1.54) is 0 Å². The SMILES string of the molecule is CCC[C@@H](C)C(C)B1OB2OCC(C)OB3OB(OCC(C)OB(O2)O1)OB(OC(C)COC(C)(C)C)O3. The monoisotopic (exact) mass is 540 g/mol. The Morgan fingerprint density at radius 1 is 0.789 bits per heavy atom. The minimum Gasteiger partial charge on any atom is -0.426 e. The van der Waals surface area contributed by atoms with E-state index in [0.717, 1.165) is 12.8 Å². The van der Waals surface area contributed by atoms with Crippen LogP contribution < -0.4 is 0 Å². The first-order valence-corrected chi connectivity index (χ1v) is 13.7. The normalized spacial score (nSPS) is 26.8. The van der Waals surface area contributed by atoms with E-state index in [0.29, 0.717) is 12.5 Å². The van der Waals surface area contributed by atoms with Gasteiger partial charge in [-0.2, -0.15) is 0 Å². The van der Waals surface area contributed by atoms with E-state index in [1.807, 2.05) is 34.6 Å². The molecule has 18 heteroatoms. The van der Waals surface area contributed by atoms with Crippen molar-refractivity contribution >= 4 is 43.7 Å². The summed E-state index contributed by atoms with van der Waals surface area (Å²) in [6.45, 7) is 18.4. The van der Waals surface area contributed by atoms with Gasteiger partial charge in [-0.3, -0.25) is 0 Å². The van der Waals surface area contributed by atoms with Gasteiger partial charge in [-0.1, -0.05) is 33.6 Å². The van der Waals surface area contributed by atoms with Gasteiger partial charge in [-0.05, 0) is 53.3 Å². The van der Waals surface area contributed by atoms with Crippen LogP contribution in [0.3, 0.4) is 0 Å². The molecule has 3 saturated heterocycles. The minimum absolute atomic E-state index is 0.0952. The van der Waals surface area contributed by atoms with Crippen LogP contribution in [0.25, 0.3) is 0 Å². The second-order valence-electron chi connectivity index (χ2n) is 11.2. The van der Waals surface area contributed by atoms with Crippen LogP contribution in [0.5, 0.6) is 0 Å². The number of rotatable bonds is 8. The average molecular weight is 539 g/mol. The number of hydrogen-bond donors (Lipinski definition) is 0. The second-order valence-corrected chi connectivity index (χ2v) is 11.2. The van der Waals surface area contributed by atoms with Crippen molar-refractivity contribution in [3.05, 3.63) is 0 Å². The van der Waals surface area contributed by atoms with E-state index in [-0.39, 0.29) is 30.7 Å². The predicted molar refractivity (Wildman–Crippen MR) is 144 cm³/mol. The molecule has 12 nitrogen and oxygen atoms in total. The van der Waals surface area contributed by atoms with E-state index in [1.54, 1.807) is 6.92 Å². The Hall–Kier alpha value is -0.0904. The van der Waals surface area contributed by atoms with E-state index >= 15 is 0 Å². The zero-order valence-corrected chi connectivity index (χ0v) is 24.3. The maximum Gasteiger partial charge on any atom is 0.615 e. The molecular weight excluding hydrogens is 497 g/mol. The van der Waals surface area contributed by atoms with Crippen molar-refractivity contribution in [2.24, 2.45) is 5.92 Å². The lowest BCUT2D eigenvalue weighted by molar-refractivity contribution is -0.0520. The maximum atomic E-state index is 5.98. The molecule has 0 amide bonds. The van der Waals surface area contributed by atoms with Crippen LogP contribution in [-0.2, 0) is 55.4 Å². The molecule has 0 aromatic carbocycles. The van der Waals surface area contributed by atoms with Gasteiger partial charge in [0.1, 0.15) is 0 Å². The smallest absolute Gasteiger partial charge is 0.426 e. The Morgan fingerprint density at radius 3 is 1.89 bits per heavy atom. The summed E-state index contributed by atoms with van der Waals surface area (Å²) in [6.07, 6.45) is 0.882. The number of fused-ring (bicyclic) bond motifs is 4. The molecule has 4 bridgehead atoms. The van der Waals surface area contributed by atoms with Gasteiger partial charge in [0, 0.05) is 0 Å². The highest BCUT2D eigenvalue weighted by atomic mass is 16.9. The van der Waals surface area contributed by atoms with Crippen molar-refractivity contribution in [1.82, 2.24) is 0 Å². The summed E-state index contributed by atoms with van der Waals surface area (Å²) >= 11 is 0. The Kier molecular flexibility index (Phi) is 13.0. The summed E-state index contributed by atoms with van der Waals surface area (Å²) in [7, 11) is -5.91. The molecule has 0 aromatic rings. The molecule has 38 heavy (non-hydrogen) atoms. The summed E-state index contributed by atoms with van der Waals surface area (Å²) in [4.78, 5) is 0. The van der Waals surface area contributed by atoms with E-state index < -0.39 is 55.9 Å². The van der Waals surface area contributed by atoms with Crippen molar-refractivity contribution in [2.45, 2.75) is 105 Å². The van der Waals surface area contributed by atoms with E-state index in [4.69, 9.17) is 55.4 Å². The van der Waals surface area contributed by atoms with Crippen LogP contribution in [0.4, 0.5) is 0 Å². The highest BCUT2D eigenvalue weighted by molar-refractivity contribution is 6.70. The quantitative estimate of drug-likeness (QED) is 0.423. The van der Waals surface area contributed by atoms with Gasteiger partial charge < -0.3 is 55.4 Å². The van der Waals surface area contributed by atoms with Crippen LogP contribution in [0.15, 0.2) is 0 Å². The van der Waals surface area contributed by atoms with Gasteiger partial charge in [0.15, 0.2) is 0 Å². The summed E-state index contributed by atoms with van der Waals surface area (Å²) in [5.41, 5.74) is -0.301. The molecule has 3 aliphatic heterocycles. The number of hydrogen-bond acceptors (Lipinski definition) is 12. The molecule has 3 heterocycles. The molecule has 0 radical (unpaired) electrons. The van der Waals surface area contributed by atoms with Gasteiger partial charge in [0.2, 0.25) is 0 Å². The lowest BCUT2D eigenvalue weighted by Crippen LogP contribution is -2.57. The van der Waals surface area contributed by atoms with E-state index in [2.05, 4.69) is 20.8 Å². The van der Waals surface area contributed by atoms with Crippen molar-refractivity contribution in [3.63, 3.8) is 0 Å². The topological polar surface area (TPSA) is 111 Å². The minimum atomic E-state index is -1.13. The molecule has 4 unspecified atom stereocenters. The first kappa shape index (κ1) is 32.4. The summed E-state index contributed by atoms with van der Waals surface area (Å²) < 4.78 is 69.9. The highest BCUT2D eigenvalue weighted by Crippen LogP contribution is 2.30.